The van der Waals surface area contributed by atoms with Gasteiger partial charge in [-0.3, -0.25) is 9.79 Å². The Labute approximate surface area is 110 Å². The average Bonchev–Trinajstić information content (AvgIpc) is 2.06. The van der Waals surface area contributed by atoms with E-state index < -0.39 is 43.0 Å². The summed E-state index contributed by atoms with van der Waals surface area (Å²) in [4.78, 5) is 12.2. The van der Waals surface area contributed by atoms with Crippen molar-refractivity contribution in [1.29, 1.82) is 0 Å². The summed E-state index contributed by atoms with van der Waals surface area (Å²) in [5.41, 5.74) is -2.41. The van der Waals surface area contributed by atoms with Crippen LogP contribution in [0.4, 0.5) is 39.5 Å². The van der Waals surface area contributed by atoms with Gasteiger partial charge in [-0.05, 0) is 0 Å². The molecule has 0 amide bonds. The molecular weight excluding hydrogens is 349 g/mol. The van der Waals surface area contributed by atoms with Crippen LogP contribution in [0.15, 0.2) is 4.99 Å². The second kappa shape index (κ2) is 6.60. The fourth-order valence-electron chi connectivity index (χ4n) is 0.683. The first-order valence-corrected chi connectivity index (χ1v) is 4.01. The summed E-state index contributed by atoms with van der Waals surface area (Å²) in [7, 11) is 0. The maximum Gasteiger partial charge on any atom is 0.450 e. The molecule has 0 aliphatic rings. The quantitative estimate of drug-likeness (QED) is 0.436. The van der Waals surface area contributed by atoms with Crippen LogP contribution in [0, 0.1) is 0 Å². The molecule has 117 valence electrons. The number of carbonyl (C=O) groups excluding carboxylic acids is 1. The van der Waals surface area contributed by atoms with Crippen LogP contribution in [-0.4, -0.2) is 36.6 Å². The topological polar surface area (TPSA) is 29.4 Å². The van der Waals surface area contributed by atoms with Crippen molar-refractivity contribution >= 4 is 11.5 Å². The summed E-state index contributed by atoms with van der Waals surface area (Å²) in [6.07, 6.45) is -18.5. The Morgan fingerprint density at radius 3 is 1.53 bits per heavy atom. The molecule has 0 N–H and O–H groups in total. The van der Waals surface area contributed by atoms with Crippen LogP contribution in [-0.2, 0) is 21.9 Å². The summed E-state index contributed by atoms with van der Waals surface area (Å²) in [6.45, 7) is -2.31. The number of halogens is 9. The Bertz CT molecular complexity index is 340. The third-order valence-corrected chi connectivity index (χ3v) is 1.42. The fourth-order valence-corrected chi connectivity index (χ4v) is 0.683. The number of rotatable bonds is 3. The van der Waals surface area contributed by atoms with Gasteiger partial charge in [0, 0.05) is 17.1 Å². The largest absolute Gasteiger partial charge is 0.450 e. The zero-order valence-corrected chi connectivity index (χ0v) is 9.41. The minimum Gasteiger partial charge on any atom is -0.289 e. The predicted octanol–water partition coefficient (Wildman–Crippen LogP) is 3.07. The van der Waals surface area contributed by atoms with Crippen molar-refractivity contribution in [3.63, 3.8) is 0 Å². The molecule has 1 radical (unpaired) electrons. The third-order valence-electron chi connectivity index (χ3n) is 1.42. The second-order valence-electron chi connectivity index (χ2n) is 2.97. The van der Waals surface area contributed by atoms with Crippen LogP contribution < -0.4 is 0 Å². The van der Waals surface area contributed by atoms with E-state index in [1.807, 2.05) is 4.99 Å². The molecule has 0 aromatic rings. The molecule has 0 spiro atoms. The molecule has 0 rings (SSSR count). The van der Waals surface area contributed by atoms with Crippen LogP contribution >= 0.6 is 0 Å². The first-order valence-electron chi connectivity index (χ1n) is 4.01. The smallest absolute Gasteiger partial charge is 0.289 e. The summed E-state index contributed by atoms with van der Waals surface area (Å²) in [6, 6.07) is 0. The summed E-state index contributed by atoms with van der Waals surface area (Å²) in [5.74, 6) is -2.82. The minimum absolute atomic E-state index is 0. The van der Waals surface area contributed by atoms with Crippen LogP contribution in [0.2, 0.25) is 0 Å². The third kappa shape index (κ3) is 8.87. The van der Waals surface area contributed by atoms with Gasteiger partial charge in [0.25, 0.3) is 0 Å². The molecule has 0 heterocycles. The number of hydrogen-bond donors (Lipinski definition) is 0. The predicted molar refractivity (Wildman–Crippen MR) is 40.1 cm³/mol. The van der Waals surface area contributed by atoms with Crippen LogP contribution in [0.25, 0.3) is 0 Å². The first-order chi connectivity index (χ1) is 7.73. The molecule has 0 unspecified atom stereocenters. The van der Waals surface area contributed by atoms with Crippen molar-refractivity contribution in [2.45, 2.75) is 24.9 Å². The van der Waals surface area contributed by atoms with Crippen molar-refractivity contribution in [2.24, 2.45) is 4.99 Å². The monoisotopic (exact) mass is 352 g/mol. The Morgan fingerprint density at radius 1 is 0.842 bits per heavy atom. The van der Waals surface area contributed by atoms with Gasteiger partial charge < -0.3 is 0 Å². The zero-order chi connectivity index (χ0) is 14.8. The molecule has 0 atom stereocenters. The van der Waals surface area contributed by atoms with Crippen molar-refractivity contribution in [1.82, 2.24) is 0 Å². The normalized spacial score (nSPS) is 14.1. The molecule has 0 bridgehead atoms. The average molecular weight is 353 g/mol. The molecule has 0 fully saturated rings. The molecule has 2 nitrogen and oxygen atoms in total. The van der Waals surface area contributed by atoms with E-state index in [2.05, 4.69) is 0 Å². The van der Waals surface area contributed by atoms with E-state index in [9.17, 15) is 44.3 Å². The molecule has 0 aromatic heterocycles. The van der Waals surface area contributed by atoms with Gasteiger partial charge in [0.15, 0.2) is 0 Å². The Hall–Kier alpha value is -0.771. The van der Waals surface area contributed by atoms with E-state index in [4.69, 9.17) is 0 Å². The maximum atomic E-state index is 12.0. The molecule has 19 heavy (non-hydrogen) atoms. The van der Waals surface area contributed by atoms with Gasteiger partial charge in [-0.25, -0.2) is 0 Å². The van der Waals surface area contributed by atoms with E-state index in [0.29, 0.717) is 0 Å². The van der Waals surface area contributed by atoms with Gasteiger partial charge in [-0.15, -0.1) is 0 Å². The van der Waals surface area contributed by atoms with E-state index >= 15 is 0 Å². The number of ketones is 1. The number of carbonyl (C=O) groups is 1. The minimum atomic E-state index is -5.57. The maximum absolute atomic E-state index is 12.0. The number of aliphatic imine (C=N–C) groups is 1. The van der Waals surface area contributed by atoms with Gasteiger partial charge >= 0.3 is 18.5 Å². The van der Waals surface area contributed by atoms with Gasteiger partial charge in [0.05, 0.1) is 6.42 Å². The van der Waals surface area contributed by atoms with E-state index in [1.54, 1.807) is 0 Å². The second-order valence-corrected chi connectivity index (χ2v) is 2.97. The summed E-state index contributed by atoms with van der Waals surface area (Å²) < 4.78 is 106. The Kier molecular flexibility index (Phi) is 7.13. The summed E-state index contributed by atoms with van der Waals surface area (Å²) >= 11 is 0. The summed E-state index contributed by atoms with van der Waals surface area (Å²) in [5, 5.41) is 0. The first kappa shape index (κ1) is 20.5. The van der Waals surface area contributed by atoms with Crippen molar-refractivity contribution in [3.05, 3.63) is 0 Å². The van der Waals surface area contributed by atoms with Gasteiger partial charge in [0.2, 0.25) is 5.78 Å². The molecular formula is C7H4CuF9NO. The van der Waals surface area contributed by atoms with Crippen molar-refractivity contribution < 1.29 is 61.4 Å². The van der Waals surface area contributed by atoms with Gasteiger partial charge in [0.1, 0.15) is 12.3 Å². The van der Waals surface area contributed by atoms with E-state index in [0.717, 1.165) is 0 Å². The molecule has 0 aliphatic carbocycles. The van der Waals surface area contributed by atoms with Gasteiger partial charge in [-0.2, -0.15) is 39.5 Å². The van der Waals surface area contributed by atoms with Gasteiger partial charge in [-0.1, -0.05) is 0 Å². The number of hydrogen-bond acceptors (Lipinski definition) is 2. The van der Waals surface area contributed by atoms with Crippen molar-refractivity contribution in [2.75, 3.05) is 6.54 Å². The molecule has 0 saturated heterocycles. The molecule has 12 heteroatoms. The Morgan fingerprint density at radius 2 is 1.26 bits per heavy atom. The van der Waals surface area contributed by atoms with Crippen LogP contribution in [0.5, 0.6) is 0 Å². The zero-order valence-electron chi connectivity index (χ0n) is 8.47. The van der Waals surface area contributed by atoms with Crippen LogP contribution in [0.1, 0.15) is 6.42 Å². The van der Waals surface area contributed by atoms with E-state index in [1.165, 1.54) is 0 Å². The Balaban J connectivity index is 0. The SMILES string of the molecule is O=C(C/C(=N\CC(F)(F)F)C(F)(F)F)C(F)(F)F.[Cu]. The molecule has 0 aromatic carbocycles. The number of alkyl halides is 9. The number of Topliss-reactive ketones (excluding diaryl/α,β-unsaturated/α-hetero) is 1. The van der Waals surface area contributed by atoms with E-state index in [-0.39, 0.29) is 17.1 Å². The standard InChI is InChI=1S/C7H4F9NO.Cu/c8-5(9,10)2-17-3(6(11,12)13)1-4(18)7(14,15)16;/h1-2H2;/b17-3+;. The number of nitrogens with zero attached hydrogens (tertiary/aromatic N) is 1. The molecule has 0 saturated carbocycles. The van der Waals surface area contributed by atoms with Crippen molar-refractivity contribution in [3.8, 4) is 0 Å². The van der Waals surface area contributed by atoms with Crippen LogP contribution in [0.3, 0.4) is 0 Å². The molecule has 0 aliphatic heterocycles. The fraction of sp³-hybridized carbons (Fsp3) is 0.714.